The highest BCUT2D eigenvalue weighted by molar-refractivity contribution is 5.98. The van der Waals surface area contributed by atoms with Gasteiger partial charge in [0.1, 0.15) is 29.3 Å². The van der Waals surface area contributed by atoms with Gasteiger partial charge >= 0.3 is 0 Å². The predicted molar refractivity (Wildman–Crippen MR) is 118 cm³/mol. The molecule has 1 amide bonds. The number of carbonyl (C=O) groups is 1. The molecular formula is C23H20N6O2. The van der Waals surface area contributed by atoms with Gasteiger partial charge in [0.15, 0.2) is 5.65 Å². The van der Waals surface area contributed by atoms with E-state index in [2.05, 4.69) is 15.9 Å². The molecule has 2 heterocycles. The third kappa shape index (κ3) is 4.16. The molecule has 2 N–H and O–H groups in total. The van der Waals surface area contributed by atoms with E-state index in [1.165, 1.54) is 11.2 Å². The zero-order valence-corrected chi connectivity index (χ0v) is 16.9. The standard InChI is InChI=1S/C23H20N6O2/c1-3-19(30)28(2)13-14-29-23-20(22(24)25-15-26-23)21(27-29)16-9-11-18(12-10-16)31-17-7-5-4-6-8-17/h1,4-12,15H,13-14H2,2H3,(H2,24,25,26). The van der Waals surface area contributed by atoms with Crippen LogP contribution in [0.25, 0.3) is 22.3 Å². The summed E-state index contributed by atoms with van der Waals surface area (Å²) < 4.78 is 7.56. The number of anilines is 1. The van der Waals surface area contributed by atoms with Gasteiger partial charge in [-0.05, 0) is 42.3 Å². The smallest absolute Gasteiger partial charge is 0.298 e. The van der Waals surface area contributed by atoms with E-state index in [-0.39, 0.29) is 5.91 Å². The Kier molecular flexibility index (Phi) is 5.49. The van der Waals surface area contributed by atoms with Gasteiger partial charge in [0.2, 0.25) is 0 Å². The van der Waals surface area contributed by atoms with Crippen LogP contribution in [0.2, 0.25) is 0 Å². The van der Waals surface area contributed by atoms with E-state index in [0.717, 1.165) is 11.3 Å². The van der Waals surface area contributed by atoms with E-state index < -0.39 is 0 Å². The van der Waals surface area contributed by atoms with E-state index in [9.17, 15) is 4.79 Å². The quantitative estimate of drug-likeness (QED) is 0.489. The van der Waals surface area contributed by atoms with Crippen LogP contribution in [0.15, 0.2) is 60.9 Å². The zero-order valence-electron chi connectivity index (χ0n) is 16.9. The molecule has 0 unspecified atom stereocenters. The number of nitrogens with two attached hydrogens (primary N) is 1. The highest BCUT2D eigenvalue weighted by Crippen LogP contribution is 2.31. The minimum absolute atomic E-state index is 0.337. The number of hydrogen-bond donors (Lipinski definition) is 1. The Hall–Kier alpha value is -4.38. The maximum Gasteiger partial charge on any atom is 0.298 e. The second-order valence-corrected chi connectivity index (χ2v) is 6.84. The van der Waals surface area contributed by atoms with E-state index in [1.54, 1.807) is 11.7 Å². The van der Waals surface area contributed by atoms with Crippen LogP contribution in [0.4, 0.5) is 5.82 Å². The molecule has 0 aliphatic rings. The molecule has 0 atom stereocenters. The number of fused-ring (bicyclic) bond motifs is 1. The number of ether oxygens (including phenoxy) is 1. The third-order valence-electron chi connectivity index (χ3n) is 4.78. The molecule has 0 aliphatic heterocycles. The minimum Gasteiger partial charge on any atom is -0.457 e. The number of likely N-dealkylation sites (N-methyl/N-ethyl adjacent to an activating group) is 1. The molecular weight excluding hydrogens is 392 g/mol. The molecule has 0 bridgehead atoms. The summed E-state index contributed by atoms with van der Waals surface area (Å²) in [6.07, 6.45) is 6.58. The average Bonchev–Trinajstić information content (AvgIpc) is 3.18. The van der Waals surface area contributed by atoms with Gasteiger partial charge in [-0.25, -0.2) is 14.6 Å². The summed E-state index contributed by atoms with van der Waals surface area (Å²) in [7, 11) is 1.64. The van der Waals surface area contributed by atoms with Crippen LogP contribution in [0.3, 0.4) is 0 Å². The molecule has 0 spiro atoms. The molecule has 0 saturated heterocycles. The Bertz CT molecular complexity index is 1260. The number of para-hydroxylation sites is 1. The third-order valence-corrected chi connectivity index (χ3v) is 4.78. The average molecular weight is 412 g/mol. The van der Waals surface area contributed by atoms with E-state index in [0.29, 0.717) is 41.4 Å². The predicted octanol–water partition coefficient (Wildman–Crippen LogP) is 2.96. The minimum atomic E-state index is -0.389. The van der Waals surface area contributed by atoms with Gasteiger partial charge < -0.3 is 15.4 Å². The normalized spacial score (nSPS) is 10.6. The van der Waals surface area contributed by atoms with Crippen LogP contribution in [0.1, 0.15) is 0 Å². The van der Waals surface area contributed by atoms with Gasteiger partial charge in [-0.15, -0.1) is 6.42 Å². The van der Waals surface area contributed by atoms with Crippen molar-refractivity contribution in [2.75, 3.05) is 19.3 Å². The molecule has 31 heavy (non-hydrogen) atoms. The first-order valence-corrected chi connectivity index (χ1v) is 9.59. The molecule has 0 aliphatic carbocycles. The number of terminal acetylenes is 1. The number of hydrogen-bond acceptors (Lipinski definition) is 6. The van der Waals surface area contributed by atoms with Crippen LogP contribution < -0.4 is 10.5 Å². The molecule has 2 aromatic carbocycles. The zero-order chi connectivity index (χ0) is 21.8. The van der Waals surface area contributed by atoms with Crippen molar-refractivity contribution in [3.05, 3.63) is 60.9 Å². The Morgan fingerprint density at radius 1 is 1.13 bits per heavy atom. The van der Waals surface area contributed by atoms with Gasteiger partial charge in [0.25, 0.3) is 5.91 Å². The molecule has 0 radical (unpaired) electrons. The van der Waals surface area contributed by atoms with Crippen LogP contribution in [-0.2, 0) is 11.3 Å². The Labute approximate surface area is 179 Å². The number of rotatable bonds is 6. The first-order valence-electron chi connectivity index (χ1n) is 9.59. The van der Waals surface area contributed by atoms with Crippen LogP contribution in [0, 0.1) is 12.3 Å². The maximum atomic E-state index is 11.6. The highest BCUT2D eigenvalue weighted by atomic mass is 16.5. The Morgan fingerprint density at radius 2 is 1.84 bits per heavy atom. The number of aromatic nitrogens is 4. The lowest BCUT2D eigenvalue weighted by Crippen LogP contribution is -2.29. The number of nitrogen functional groups attached to an aromatic ring is 1. The van der Waals surface area contributed by atoms with Gasteiger partial charge in [0, 0.05) is 19.2 Å². The largest absolute Gasteiger partial charge is 0.457 e. The number of benzene rings is 2. The Morgan fingerprint density at radius 3 is 2.55 bits per heavy atom. The summed E-state index contributed by atoms with van der Waals surface area (Å²) in [5, 5.41) is 5.35. The molecule has 4 aromatic rings. The second-order valence-electron chi connectivity index (χ2n) is 6.84. The van der Waals surface area contributed by atoms with Crippen molar-refractivity contribution in [1.82, 2.24) is 24.6 Å². The fourth-order valence-corrected chi connectivity index (χ4v) is 3.15. The van der Waals surface area contributed by atoms with Crippen molar-refractivity contribution >= 4 is 22.8 Å². The summed E-state index contributed by atoms with van der Waals surface area (Å²) in [6, 6.07) is 17.1. The summed E-state index contributed by atoms with van der Waals surface area (Å²) in [5.41, 5.74) is 8.24. The fraction of sp³-hybridized carbons (Fsp3) is 0.130. The van der Waals surface area contributed by atoms with Crippen LogP contribution >= 0.6 is 0 Å². The number of nitrogens with zero attached hydrogens (tertiary/aromatic N) is 5. The van der Waals surface area contributed by atoms with Gasteiger partial charge in [-0.1, -0.05) is 18.2 Å². The monoisotopic (exact) mass is 412 g/mol. The van der Waals surface area contributed by atoms with Crippen molar-refractivity contribution in [3.63, 3.8) is 0 Å². The summed E-state index contributed by atoms with van der Waals surface area (Å²) >= 11 is 0. The van der Waals surface area contributed by atoms with Crippen LogP contribution in [-0.4, -0.2) is 44.1 Å². The van der Waals surface area contributed by atoms with Crippen molar-refractivity contribution in [2.45, 2.75) is 6.54 Å². The first kappa shape index (κ1) is 19.9. The lowest BCUT2D eigenvalue weighted by Gasteiger charge is -2.13. The van der Waals surface area contributed by atoms with E-state index >= 15 is 0 Å². The first-order chi connectivity index (χ1) is 15.1. The van der Waals surface area contributed by atoms with Crippen molar-refractivity contribution < 1.29 is 9.53 Å². The molecule has 0 saturated carbocycles. The van der Waals surface area contributed by atoms with Crippen LogP contribution in [0.5, 0.6) is 11.5 Å². The topological polar surface area (TPSA) is 99.2 Å². The fourth-order valence-electron chi connectivity index (χ4n) is 3.15. The van der Waals surface area contributed by atoms with Crippen molar-refractivity contribution in [2.24, 2.45) is 0 Å². The van der Waals surface area contributed by atoms with Gasteiger partial charge in [0.05, 0.1) is 11.9 Å². The summed E-state index contributed by atoms with van der Waals surface area (Å²) in [5.74, 6) is 3.51. The summed E-state index contributed by atoms with van der Waals surface area (Å²) in [6.45, 7) is 0.791. The highest BCUT2D eigenvalue weighted by Gasteiger charge is 2.18. The molecule has 2 aromatic heterocycles. The van der Waals surface area contributed by atoms with Gasteiger partial charge in [-0.2, -0.15) is 5.10 Å². The molecule has 154 valence electrons. The van der Waals surface area contributed by atoms with E-state index in [4.69, 9.17) is 22.0 Å². The lowest BCUT2D eigenvalue weighted by atomic mass is 10.1. The number of carbonyl (C=O) groups excluding carboxylic acids is 1. The molecule has 4 rings (SSSR count). The van der Waals surface area contributed by atoms with Crippen molar-refractivity contribution in [3.8, 4) is 35.1 Å². The molecule has 8 nitrogen and oxygen atoms in total. The maximum absolute atomic E-state index is 11.6. The van der Waals surface area contributed by atoms with E-state index in [1.807, 2.05) is 54.6 Å². The Balaban J connectivity index is 1.64. The summed E-state index contributed by atoms with van der Waals surface area (Å²) in [4.78, 5) is 21.6. The van der Waals surface area contributed by atoms with Crippen molar-refractivity contribution in [1.29, 1.82) is 0 Å². The van der Waals surface area contributed by atoms with Gasteiger partial charge in [-0.3, -0.25) is 4.79 Å². The number of amides is 1. The molecule has 0 fully saturated rings. The lowest BCUT2D eigenvalue weighted by molar-refractivity contribution is -0.124. The second kappa shape index (κ2) is 8.55. The SMILES string of the molecule is C#CC(=O)N(C)CCn1nc(-c2ccc(Oc3ccccc3)cc2)c2c(N)ncnc21. The molecule has 8 heteroatoms.